The predicted octanol–water partition coefficient (Wildman–Crippen LogP) is 4.39. The first kappa shape index (κ1) is 15.8. The first-order valence-electron chi connectivity index (χ1n) is 9.98. The van der Waals surface area contributed by atoms with Gasteiger partial charge in [-0.15, -0.1) is 0 Å². The molecular weight excluding hydrogens is 312 g/mol. The number of hydrogen-bond donors (Lipinski definition) is 1. The smallest absolute Gasteiger partial charge is 0.303 e. The third kappa shape index (κ3) is 1.73. The van der Waals surface area contributed by atoms with E-state index in [1.54, 1.807) is 0 Å². The molecule has 134 valence electrons. The van der Waals surface area contributed by atoms with Gasteiger partial charge < -0.3 is 5.11 Å². The lowest BCUT2D eigenvalue weighted by Gasteiger charge is -2.53. The van der Waals surface area contributed by atoms with Crippen LogP contribution in [0.1, 0.15) is 58.8 Å². The Morgan fingerprint density at radius 1 is 1.20 bits per heavy atom. The summed E-state index contributed by atoms with van der Waals surface area (Å²) in [5, 5.41) is 9.38. The molecule has 0 aromatic rings. The Hall–Kier alpha value is -1.38. The fourth-order valence-corrected chi connectivity index (χ4v) is 8.13. The van der Waals surface area contributed by atoms with Gasteiger partial charge in [0.25, 0.3) is 0 Å². The molecule has 1 N–H and O–H groups in total. The Bertz CT molecular complexity index is 734. The largest absolute Gasteiger partial charge is 0.481 e. The summed E-state index contributed by atoms with van der Waals surface area (Å²) in [4.78, 5) is 23.3. The van der Waals surface area contributed by atoms with E-state index < -0.39 is 5.97 Å². The minimum atomic E-state index is -0.627. The van der Waals surface area contributed by atoms with Crippen LogP contribution in [0.3, 0.4) is 0 Å². The van der Waals surface area contributed by atoms with Gasteiger partial charge in [0.15, 0.2) is 5.78 Å². The molecule has 0 bridgehead atoms. The number of carbonyl (C=O) groups excluding carboxylic acids is 1. The normalized spacial score (nSPS) is 52.6. The number of fused-ring (bicyclic) bond motifs is 4. The van der Waals surface area contributed by atoms with E-state index in [2.05, 4.69) is 26.0 Å². The van der Waals surface area contributed by atoms with E-state index in [-0.39, 0.29) is 22.0 Å². The van der Waals surface area contributed by atoms with Gasteiger partial charge in [0.1, 0.15) is 0 Å². The van der Waals surface area contributed by atoms with Crippen molar-refractivity contribution in [2.75, 3.05) is 0 Å². The monoisotopic (exact) mass is 340 g/mol. The van der Waals surface area contributed by atoms with Gasteiger partial charge in [0, 0.05) is 12.8 Å². The van der Waals surface area contributed by atoms with E-state index in [0.717, 1.165) is 6.42 Å². The van der Waals surface area contributed by atoms with Crippen LogP contribution < -0.4 is 0 Å². The van der Waals surface area contributed by atoms with E-state index in [4.69, 9.17) is 0 Å². The van der Waals surface area contributed by atoms with Crippen molar-refractivity contribution >= 4 is 11.8 Å². The molecule has 3 heteroatoms. The number of allylic oxidation sites excluding steroid dienone is 4. The van der Waals surface area contributed by atoms with Crippen LogP contribution in [0.25, 0.3) is 0 Å². The zero-order valence-corrected chi connectivity index (χ0v) is 15.3. The summed E-state index contributed by atoms with van der Waals surface area (Å²) < 4.78 is 0. The van der Waals surface area contributed by atoms with E-state index in [0.29, 0.717) is 36.5 Å². The highest BCUT2D eigenvalue weighted by atomic mass is 16.4. The van der Waals surface area contributed by atoms with E-state index >= 15 is 0 Å². The van der Waals surface area contributed by atoms with Crippen molar-refractivity contribution in [3.8, 4) is 0 Å². The third-order valence-electron chi connectivity index (χ3n) is 9.37. The van der Waals surface area contributed by atoms with Crippen molar-refractivity contribution in [1.29, 1.82) is 0 Å². The van der Waals surface area contributed by atoms with Crippen LogP contribution in [-0.2, 0) is 9.59 Å². The summed E-state index contributed by atoms with van der Waals surface area (Å²) in [6.07, 6.45) is 13.4. The Morgan fingerprint density at radius 2 is 1.96 bits per heavy atom. The molecule has 0 radical (unpaired) electrons. The zero-order valence-electron chi connectivity index (χ0n) is 15.3. The molecule has 5 aliphatic rings. The molecule has 3 fully saturated rings. The zero-order chi connectivity index (χ0) is 17.6. The quantitative estimate of drug-likeness (QED) is 0.811. The topological polar surface area (TPSA) is 54.4 Å². The maximum atomic E-state index is 11.9. The molecule has 0 heterocycles. The Kier molecular flexibility index (Phi) is 2.95. The number of carbonyl (C=O) groups is 2. The fourth-order valence-electron chi connectivity index (χ4n) is 8.13. The van der Waals surface area contributed by atoms with E-state index in [1.165, 1.54) is 31.3 Å². The summed E-state index contributed by atoms with van der Waals surface area (Å²) >= 11 is 0. The second-order valence-electron chi connectivity index (χ2n) is 9.82. The van der Waals surface area contributed by atoms with Gasteiger partial charge in [0.2, 0.25) is 0 Å². The average molecular weight is 340 g/mol. The minimum Gasteiger partial charge on any atom is -0.481 e. The van der Waals surface area contributed by atoms with Crippen molar-refractivity contribution in [3.05, 3.63) is 23.8 Å². The maximum absolute atomic E-state index is 11.9. The molecular formula is C22H28O3. The Balaban J connectivity index is 1.52. The van der Waals surface area contributed by atoms with Gasteiger partial charge in [0.05, 0.1) is 0 Å². The van der Waals surface area contributed by atoms with Gasteiger partial charge in [-0.2, -0.15) is 0 Å². The molecule has 5 rings (SSSR count). The molecule has 3 saturated carbocycles. The Morgan fingerprint density at radius 3 is 2.72 bits per heavy atom. The maximum Gasteiger partial charge on any atom is 0.303 e. The summed E-state index contributed by atoms with van der Waals surface area (Å²) in [5.74, 6) is 1.87. The van der Waals surface area contributed by atoms with Crippen molar-refractivity contribution in [3.63, 3.8) is 0 Å². The third-order valence-corrected chi connectivity index (χ3v) is 9.37. The minimum absolute atomic E-state index is 0.144. The van der Waals surface area contributed by atoms with Crippen LogP contribution in [0.5, 0.6) is 0 Å². The summed E-state index contributed by atoms with van der Waals surface area (Å²) in [5.41, 5.74) is 1.93. The van der Waals surface area contributed by atoms with Crippen molar-refractivity contribution < 1.29 is 14.7 Å². The molecule has 25 heavy (non-hydrogen) atoms. The number of aliphatic carboxylic acids is 1. The summed E-state index contributed by atoms with van der Waals surface area (Å²) in [6.45, 7) is 4.74. The number of rotatable bonds is 2. The first-order valence-corrected chi connectivity index (χ1v) is 9.98. The highest BCUT2D eigenvalue weighted by molar-refractivity contribution is 5.92. The van der Waals surface area contributed by atoms with Gasteiger partial charge in [-0.1, -0.05) is 26.0 Å². The number of carboxylic acid groups (broad SMARTS) is 1. The molecule has 0 aromatic carbocycles. The SMILES string of the molecule is CC12CCC(=O)C=C1C=CC1C2CCC23C1CC[C@@]2(C)C3CC(=O)O. The van der Waals surface area contributed by atoms with Gasteiger partial charge in [-0.05, 0) is 83.7 Å². The number of hydrogen-bond acceptors (Lipinski definition) is 2. The van der Waals surface area contributed by atoms with Crippen molar-refractivity contribution in [2.45, 2.75) is 58.8 Å². The van der Waals surface area contributed by atoms with Crippen molar-refractivity contribution in [2.24, 2.45) is 39.9 Å². The molecule has 0 aliphatic heterocycles. The first-order chi connectivity index (χ1) is 11.8. The molecule has 0 aromatic heterocycles. The lowest BCUT2D eigenvalue weighted by atomic mass is 9.50. The highest BCUT2D eigenvalue weighted by Gasteiger charge is 2.80. The van der Waals surface area contributed by atoms with Crippen LogP contribution in [0.4, 0.5) is 0 Å². The van der Waals surface area contributed by atoms with E-state index in [9.17, 15) is 14.7 Å². The summed E-state index contributed by atoms with van der Waals surface area (Å²) in [6, 6.07) is 0. The van der Waals surface area contributed by atoms with Crippen molar-refractivity contribution in [1.82, 2.24) is 0 Å². The summed E-state index contributed by atoms with van der Waals surface area (Å²) in [7, 11) is 0. The Labute approximate surface area is 149 Å². The van der Waals surface area contributed by atoms with Crippen LogP contribution >= 0.6 is 0 Å². The van der Waals surface area contributed by atoms with Gasteiger partial charge in [-0.25, -0.2) is 0 Å². The molecule has 5 aliphatic carbocycles. The second-order valence-corrected chi connectivity index (χ2v) is 9.82. The molecule has 0 saturated heterocycles. The number of carboxylic acids is 1. The molecule has 7 atom stereocenters. The highest BCUT2D eigenvalue weighted by Crippen LogP contribution is 2.86. The lowest BCUT2D eigenvalue weighted by molar-refractivity contribution is -0.138. The molecule has 1 spiro atoms. The standard InChI is InChI=1S/C22H28O3/c1-20-8-5-14(23)11-13(20)3-4-15-16(20)7-10-22-17(15)6-9-21(22,2)18(22)12-19(24)25/h3-4,11,15-18H,5-10,12H2,1-2H3,(H,24,25)/t15?,16?,17?,18?,20?,21-,22?/m0/s1. The van der Waals surface area contributed by atoms with Gasteiger partial charge >= 0.3 is 5.97 Å². The average Bonchev–Trinajstić information content (AvgIpc) is 2.88. The fraction of sp³-hybridized carbons (Fsp3) is 0.727. The lowest BCUT2D eigenvalue weighted by Crippen LogP contribution is -2.46. The van der Waals surface area contributed by atoms with Crippen LogP contribution in [0, 0.1) is 39.9 Å². The van der Waals surface area contributed by atoms with Crippen LogP contribution in [0.15, 0.2) is 23.8 Å². The predicted molar refractivity (Wildman–Crippen MR) is 94.8 cm³/mol. The van der Waals surface area contributed by atoms with Gasteiger partial charge in [-0.3, -0.25) is 9.59 Å². The van der Waals surface area contributed by atoms with Crippen LogP contribution in [0.2, 0.25) is 0 Å². The molecule has 3 nitrogen and oxygen atoms in total. The van der Waals surface area contributed by atoms with E-state index in [1.807, 2.05) is 6.08 Å². The number of ketones is 1. The second kappa shape index (κ2) is 4.66. The molecule has 0 amide bonds. The van der Waals surface area contributed by atoms with Crippen LogP contribution in [-0.4, -0.2) is 16.9 Å². The molecule has 6 unspecified atom stereocenters.